The summed E-state index contributed by atoms with van der Waals surface area (Å²) in [6, 6.07) is 0. The minimum absolute atomic E-state index is 0.0327. The molecule has 12 heavy (non-hydrogen) atoms. The maximum absolute atomic E-state index is 11.2. The normalized spacial score (nSPS) is 36.5. The summed E-state index contributed by atoms with van der Waals surface area (Å²) >= 11 is 0. The van der Waals surface area contributed by atoms with Gasteiger partial charge in [0.25, 0.3) is 0 Å². The number of ether oxygens (including phenoxy) is 2. The minimum atomic E-state index is -0.0538. The van der Waals surface area contributed by atoms with Crippen molar-refractivity contribution < 1.29 is 14.3 Å². The molecule has 3 heteroatoms. The van der Waals surface area contributed by atoms with Gasteiger partial charge in [0.2, 0.25) is 0 Å². The SMILES string of the molecule is O=C1OCC[C@@H]1[C@H]1CCCCO1. The van der Waals surface area contributed by atoms with Gasteiger partial charge < -0.3 is 9.47 Å². The Labute approximate surface area is 72.0 Å². The zero-order valence-electron chi connectivity index (χ0n) is 7.12. The van der Waals surface area contributed by atoms with Gasteiger partial charge in [0.05, 0.1) is 18.6 Å². The molecule has 2 heterocycles. The zero-order valence-corrected chi connectivity index (χ0v) is 7.12. The molecule has 0 unspecified atom stereocenters. The van der Waals surface area contributed by atoms with Crippen LogP contribution in [0.15, 0.2) is 0 Å². The van der Waals surface area contributed by atoms with Crippen molar-refractivity contribution in [1.82, 2.24) is 0 Å². The van der Waals surface area contributed by atoms with E-state index in [9.17, 15) is 4.79 Å². The van der Waals surface area contributed by atoms with E-state index >= 15 is 0 Å². The van der Waals surface area contributed by atoms with Crippen molar-refractivity contribution in [3.63, 3.8) is 0 Å². The highest BCUT2D eigenvalue weighted by Gasteiger charge is 2.35. The smallest absolute Gasteiger partial charge is 0.311 e. The van der Waals surface area contributed by atoms with Crippen molar-refractivity contribution in [2.75, 3.05) is 13.2 Å². The highest BCUT2D eigenvalue weighted by molar-refractivity contribution is 5.74. The van der Waals surface area contributed by atoms with E-state index < -0.39 is 0 Å². The highest BCUT2D eigenvalue weighted by Crippen LogP contribution is 2.26. The fraction of sp³-hybridized carbons (Fsp3) is 0.889. The molecule has 2 saturated heterocycles. The van der Waals surface area contributed by atoms with Crippen LogP contribution in [0, 0.1) is 5.92 Å². The van der Waals surface area contributed by atoms with Crippen LogP contribution in [0.1, 0.15) is 25.7 Å². The Morgan fingerprint density at radius 3 is 2.67 bits per heavy atom. The summed E-state index contributed by atoms with van der Waals surface area (Å²) in [5.41, 5.74) is 0. The van der Waals surface area contributed by atoms with E-state index in [2.05, 4.69) is 0 Å². The van der Waals surface area contributed by atoms with Crippen molar-refractivity contribution in [3.05, 3.63) is 0 Å². The molecular weight excluding hydrogens is 156 g/mol. The molecule has 0 radical (unpaired) electrons. The molecule has 2 aliphatic rings. The molecule has 0 aromatic carbocycles. The molecule has 0 aliphatic carbocycles. The third-order valence-electron chi connectivity index (χ3n) is 2.64. The Morgan fingerprint density at radius 2 is 2.08 bits per heavy atom. The zero-order chi connectivity index (χ0) is 8.39. The van der Waals surface area contributed by atoms with Gasteiger partial charge in [-0.05, 0) is 25.7 Å². The lowest BCUT2D eigenvalue weighted by Crippen LogP contribution is -2.30. The van der Waals surface area contributed by atoms with Crippen LogP contribution in [0.5, 0.6) is 0 Å². The quantitative estimate of drug-likeness (QED) is 0.553. The molecule has 0 aromatic rings. The molecule has 0 saturated carbocycles. The first-order valence-corrected chi connectivity index (χ1v) is 4.66. The van der Waals surface area contributed by atoms with Crippen molar-refractivity contribution in [2.45, 2.75) is 31.8 Å². The van der Waals surface area contributed by atoms with Gasteiger partial charge in [0.15, 0.2) is 0 Å². The summed E-state index contributed by atoms with van der Waals surface area (Å²) in [7, 11) is 0. The first kappa shape index (κ1) is 8.05. The Morgan fingerprint density at radius 1 is 1.17 bits per heavy atom. The van der Waals surface area contributed by atoms with Gasteiger partial charge >= 0.3 is 5.97 Å². The monoisotopic (exact) mass is 170 g/mol. The molecule has 0 N–H and O–H groups in total. The van der Waals surface area contributed by atoms with Gasteiger partial charge in [-0.25, -0.2) is 0 Å². The second-order valence-corrected chi connectivity index (χ2v) is 3.47. The lowest BCUT2D eigenvalue weighted by Gasteiger charge is -2.25. The highest BCUT2D eigenvalue weighted by atomic mass is 16.5. The van der Waals surface area contributed by atoms with Crippen LogP contribution in [0.25, 0.3) is 0 Å². The topological polar surface area (TPSA) is 35.5 Å². The van der Waals surface area contributed by atoms with Gasteiger partial charge in [-0.15, -0.1) is 0 Å². The standard InChI is InChI=1S/C9H14O3/c10-9-7(4-6-12-9)8-3-1-2-5-11-8/h7-8H,1-6H2/t7-,8-/m1/s1. The van der Waals surface area contributed by atoms with E-state index in [4.69, 9.17) is 9.47 Å². The molecular formula is C9H14O3. The van der Waals surface area contributed by atoms with E-state index in [-0.39, 0.29) is 18.0 Å². The fourth-order valence-electron chi connectivity index (χ4n) is 1.93. The number of carbonyl (C=O) groups excluding carboxylic acids is 1. The lowest BCUT2D eigenvalue weighted by atomic mass is 9.95. The first-order chi connectivity index (χ1) is 5.88. The van der Waals surface area contributed by atoms with Crippen molar-refractivity contribution in [2.24, 2.45) is 5.92 Å². The van der Waals surface area contributed by atoms with E-state index in [0.29, 0.717) is 6.61 Å². The average Bonchev–Trinajstić information content (AvgIpc) is 2.53. The van der Waals surface area contributed by atoms with Crippen molar-refractivity contribution in [3.8, 4) is 0 Å². The molecule has 2 aliphatic heterocycles. The summed E-state index contributed by atoms with van der Waals surface area (Å²) in [5.74, 6) is -0.0211. The molecule has 2 fully saturated rings. The fourth-order valence-corrected chi connectivity index (χ4v) is 1.93. The number of carbonyl (C=O) groups is 1. The molecule has 0 amide bonds. The summed E-state index contributed by atoms with van der Waals surface area (Å²) in [4.78, 5) is 11.2. The number of cyclic esters (lactones) is 1. The van der Waals surface area contributed by atoms with Crippen LogP contribution < -0.4 is 0 Å². The van der Waals surface area contributed by atoms with E-state index in [0.717, 1.165) is 25.9 Å². The van der Waals surface area contributed by atoms with Crippen molar-refractivity contribution >= 4 is 5.97 Å². The first-order valence-electron chi connectivity index (χ1n) is 4.66. The summed E-state index contributed by atoms with van der Waals surface area (Å²) in [6.45, 7) is 1.40. The van der Waals surface area contributed by atoms with Gasteiger partial charge in [-0.1, -0.05) is 0 Å². The largest absolute Gasteiger partial charge is 0.465 e. The third-order valence-corrected chi connectivity index (χ3v) is 2.64. The molecule has 2 atom stereocenters. The molecule has 0 spiro atoms. The Bertz CT molecular complexity index is 173. The summed E-state index contributed by atoms with van der Waals surface area (Å²) in [5, 5.41) is 0. The van der Waals surface area contributed by atoms with Crippen LogP contribution in [-0.2, 0) is 14.3 Å². The molecule has 3 nitrogen and oxygen atoms in total. The maximum atomic E-state index is 11.2. The second-order valence-electron chi connectivity index (χ2n) is 3.47. The van der Waals surface area contributed by atoms with Gasteiger partial charge in [0, 0.05) is 6.61 Å². The summed E-state index contributed by atoms with van der Waals surface area (Å²) < 4.78 is 10.4. The number of rotatable bonds is 1. The van der Waals surface area contributed by atoms with E-state index in [1.165, 1.54) is 6.42 Å². The molecule has 0 aromatic heterocycles. The van der Waals surface area contributed by atoms with Crippen LogP contribution in [0.3, 0.4) is 0 Å². The van der Waals surface area contributed by atoms with Crippen LogP contribution in [0.2, 0.25) is 0 Å². The summed E-state index contributed by atoms with van der Waals surface area (Å²) in [6.07, 6.45) is 4.35. The van der Waals surface area contributed by atoms with Gasteiger partial charge in [-0.2, -0.15) is 0 Å². The van der Waals surface area contributed by atoms with Crippen LogP contribution >= 0.6 is 0 Å². The lowest BCUT2D eigenvalue weighted by molar-refractivity contribution is -0.146. The average molecular weight is 170 g/mol. The Kier molecular flexibility index (Phi) is 2.30. The predicted molar refractivity (Wildman–Crippen MR) is 42.7 cm³/mol. The number of esters is 1. The Balaban J connectivity index is 1.93. The third kappa shape index (κ3) is 1.46. The van der Waals surface area contributed by atoms with Crippen LogP contribution in [0.4, 0.5) is 0 Å². The van der Waals surface area contributed by atoms with Crippen LogP contribution in [-0.4, -0.2) is 25.3 Å². The Hall–Kier alpha value is -0.570. The van der Waals surface area contributed by atoms with Gasteiger partial charge in [-0.3, -0.25) is 4.79 Å². The second kappa shape index (κ2) is 3.44. The number of hydrogen-bond donors (Lipinski definition) is 0. The van der Waals surface area contributed by atoms with E-state index in [1.54, 1.807) is 0 Å². The molecule has 2 rings (SSSR count). The molecule has 0 bridgehead atoms. The van der Waals surface area contributed by atoms with Gasteiger partial charge in [0.1, 0.15) is 0 Å². The number of hydrogen-bond acceptors (Lipinski definition) is 3. The predicted octanol–water partition coefficient (Wildman–Crippen LogP) is 1.12. The molecule has 68 valence electrons. The minimum Gasteiger partial charge on any atom is -0.465 e. The van der Waals surface area contributed by atoms with Crippen molar-refractivity contribution in [1.29, 1.82) is 0 Å². The van der Waals surface area contributed by atoms with E-state index in [1.807, 2.05) is 0 Å². The maximum Gasteiger partial charge on any atom is 0.311 e.